The second kappa shape index (κ2) is 7.12. The van der Waals surface area contributed by atoms with Gasteiger partial charge in [0, 0.05) is 24.7 Å². The predicted octanol–water partition coefficient (Wildman–Crippen LogP) is 1.88. The van der Waals surface area contributed by atoms with Crippen molar-refractivity contribution in [1.29, 1.82) is 0 Å². The lowest BCUT2D eigenvalue weighted by atomic mass is 10.1. The zero-order valence-electron chi connectivity index (χ0n) is 9.91. The molecule has 0 bridgehead atoms. The molecule has 1 aromatic rings. The number of Topliss-reactive ketones (excluding diaryl/α,β-unsaturated/α-hetero) is 1. The lowest BCUT2D eigenvalue weighted by molar-refractivity contribution is -0.118. The van der Waals surface area contributed by atoms with Gasteiger partial charge in [0.15, 0.2) is 0 Å². The number of rotatable bonds is 7. The lowest BCUT2D eigenvalue weighted by Gasteiger charge is -2.01. The first-order chi connectivity index (χ1) is 7.76. The summed E-state index contributed by atoms with van der Waals surface area (Å²) in [6.07, 6.45) is 5.72. The van der Waals surface area contributed by atoms with Crippen LogP contribution in [0.2, 0.25) is 0 Å². The van der Waals surface area contributed by atoms with E-state index < -0.39 is 0 Å². The molecule has 0 spiro atoms. The molecule has 0 aromatic carbocycles. The van der Waals surface area contributed by atoms with E-state index in [1.54, 1.807) is 0 Å². The minimum Gasteiger partial charge on any atom is -0.330 e. The van der Waals surface area contributed by atoms with Crippen LogP contribution in [0, 0.1) is 0 Å². The Kier molecular flexibility index (Phi) is 5.72. The van der Waals surface area contributed by atoms with Crippen LogP contribution in [0.15, 0.2) is 18.3 Å². The van der Waals surface area contributed by atoms with Gasteiger partial charge in [-0.2, -0.15) is 0 Å². The molecule has 0 aliphatic carbocycles. The van der Waals surface area contributed by atoms with Crippen LogP contribution in [0.1, 0.15) is 37.4 Å². The first kappa shape index (κ1) is 12.8. The fraction of sp³-hybridized carbons (Fsp3) is 0.538. The maximum atomic E-state index is 11.6. The Balaban J connectivity index is 2.37. The number of ketones is 1. The van der Waals surface area contributed by atoms with Gasteiger partial charge in [0.05, 0.1) is 0 Å². The summed E-state index contributed by atoms with van der Waals surface area (Å²) >= 11 is 0. The van der Waals surface area contributed by atoms with Crippen LogP contribution in [0.5, 0.6) is 0 Å². The van der Waals surface area contributed by atoms with Gasteiger partial charge >= 0.3 is 0 Å². The van der Waals surface area contributed by atoms with Gasteiger partial charge in [-0.15, -0.1) is 0 Å². The summed E-state index contributed by atoms with van der Waals surface area (Å²) in [7, 11) is 0. The molecule has 0 saturated heterocycles. The summed E-state index contributed by atoms with van der Waals surface area (Å²) in [6.45, 7) is 2.76. The third-order valence-corrected chi connectivity index (χ3v) is 2.58. The molecule has 1 rings (SSSR count). The number of aromatic nitrogens is 1. The topological polar surface area (TPSA) is 56.0 Å². The van der Waals surface area contributed by atoms with Gasteiger partial charge in [-0.3, -0.25) is 9.78 Å². The van der Waals surface area contributed by atoms with Crippen molar-refractivity contribution in [2.24, 2.45) is 5.73 Å². The molecular weight excluding hydrogens is 200 g/mol. The van der Waals surface area contributed by atoms with E-state index in [0.29, 0.717) is 19.4 Å². The second-order valence-corrected chi connectivity index (χ2v) is 3.97. The number of nitrogens with zero attached hydrogens (tertiary/aromatic N) is 1. The molecule has 0 atom stereocenters. The van der Waals surface area contributed by atoms with E-state index in [2.05, 4.69) is 11.9 Å². The molecule has 2 N–H and O–H groups in total. The van der Waals surface area contributed by atoms with Gasteiger partial charge in [0.25, 0.3) is 0 Å². The lowest BCUT2D eigenvalue weighted by Crippen LogP contribution is -2.06. The Bertz CT molecular complexity index is 319. The maximum absolute atomic E-state index is 11.6. The zero-order chi connectivity index (χ0) is 11.8. The van der Waals surface area contributed by atoms with Crippen LogP contribution in [-0.4, -0.2) is 17.3 Å². The summed E-state index contributed by atoms with van der Waals surface area (Å²) in [6, 6.07) is 3.98. The highest BCUT2D eigenvalue weighted by atomic mass is 16.1. The van der Waals surface area contributed by atoms with Crippen molar-refractivity contribution in [1.82, 2.24) is 4.98 Å². The van der Waals surface area contributed by atoms with Crippen LogP contribution < -0.4 is 5.73 Å². The molecule has 3 nitrogen and oxygen atoms in total. The monoisotopic (exact) mass is 220 g/mol. The highest BCUT2D eigenvalue weighted by Gasteiger charge is 2.04. The van der Waals surface area contributed by atoms with E-state index in [4.69, 9.17) is 5.73 Å². The van der Waals surface area contributed by atoms with E-state index in [1.807, 2.05) is 18.3 Å². The maximum Gasteiger partial charge on any atom is 0.138 e. The van der Waals surface area contributed by atoms with E-state index in [9.17, 15) is 4.79 Å². The van der Waals surface area contributed by atoms with E-state index in [1.165, 1.54) is 5.56 Å². The fourth-order valence-electron chi connectivity index (χ4n) is 1.53. The summed E-state index contributed by atoms with van der Waals surface area (Å²) in [5.74, 6) is 0.255. The first-order valence-electron chi connectivity index (χ1n) is 5.91. The van der Waals surface area contributed by atoms with Gasteiger partial charge < -0.3 is 5.73 Å². The Morgan fingerprint density at radius 2 is 2.19 bits per heavy atom. The van der Waals surface area contributed by atoms with Gasteiger partial charge in [0.1, 0.15) is 5.78 Å². The average Bonchev–Trinajstić information content (AvgIpc) is 2.30. The first-order valence-corrected chi connectivity index (χ1v) is 5.91. The minimum atomic E-state index is 0.255. The van der Waals surface area contributed by atoms with Crippen LogP contribution in [-0.2, 0) is 17.6 Å². The number of aryl methyl sites for hydroxylation is 1. The molecule has 0 fully saturated rings. The van der Waals surface area contributed by atoms with Crippen LogP contribution in [0.3, 0.4) is 0 Å². The number of hydrogen-bond acceptors (Lipinski definition) is 3. The number of hydrogen-bond donors (Lipinski definition) is 1. The summed E-state index contributed by atoms with van der Waals surface area (Å²) < 4.78 is 0. The molecule has 0 radical (unpaired) electrons. The molecule has 88 valence electrons. The Labute approximate surface area is 97.1 Å². The highest BCUT2D eigenvalue weighted by Crippen LogP contribution is 2.04. The van der Waals surface area contributed by atoms with Crippen LogP contribution in [0.4, 0.5) is 0 Å². The molecule has 3 heteroatoms. The van der Waals surface area contributed by atoms with Gasteiger partial charge in [-0.1, -0.05) is 13.0 Å². The fourth-order valence-corrected chi connectivity index (χ4v) is 1.53. The molecule has 0 aliphatic heterocycles. The van der Waals surface area contributed by atoms with Gasteiger partial charge in [0.2, 0.25) is 0 Å². The van der Waals surface area contributed by atoms with E-state index in [-0.39, 0.29) is 5.78 Å². The Morgan fingerprint density at radius 3 is 2.75 bits per heavy atom. The highest BCUT2D eigenvalue weighted by molar-refractivity contribution is 5.80. The van der Waals surface area contributed by atoms with Gasteiger partial charge in [-0.05, 0) is 37.4 Å². The standard InChI is InChI=1S/C13H20N2O/c1-2-11-6-7-12(15-10-11)9-13(16)5-3-4-8-14/h6-7,10H,2-5,8-9,14H2,1H3. The normalized spacial score (nSPS) is 10.4. The summed E-state index contributed by atoms with van der Waals surface area (Å²) in [5.41, 5.74) is 7.45. The molecule has 0 unspecified atom stereocenters. The number of carbonyl (C=O) groups is 1. The molecule has 16 heavy (non-hydrogen) atoms. The minimum absolute atomic E-state index is 0.255. The van der Waals surface area contributed by atoms with Crippen molar-refractivity contribution in [3.8, 4) is 0 Å². The third kappa shape index (κ3) is 4.53. The van der Waals surface area contributed by atoms with Crippen molar-refractivity contribution in [2.45, 2.75) is 39.0 Å². The molecule has 0 saturated carbocycles. The van der Waals surface area contributed by atoms with Crippen molar-refractivity contribution in [3.63, 3.8) is 0 Å². The predicted molar refractivity (Wildman–Crippen MR) is 65.2 cm³/mol. The summed E-state index contributed by atoms with van der Waals surface area (Å²) in [5, 5.41) is 0. The Hall–Kier alpha value is -1.22. The average molecular weight is 220 g/mol. The Morgan fingerprint density at radius 1 is 1.38 bits per heavy atom. The second-order valence-electron chi connectivity index (χ2n) is 3.97. The molecular formula is C13H20N2O. The van der Waals surface area contributed by atoms with Crippen molar-refractivity contribution < 1.29 is 4.79 Å². The van der Waals surface area contributed by atoms with Gasteiger partial charge in [-0.25, -0.2) is 0 Å². The molecule has 1 heterocycles. The number of nitrogens with two attached hydrogens (primary N) is 1. The van der Waals surface area contributed by atoms with Crippen LogP contribution in [0.25, 0.3) is 0 Å². The number of unbranched alkanes of at least 4 members (excludes halogenated alkanes) is 1. The zero-order valence-corrected chi connectivity index (χ0v) is 9.91. The van der Waals surface area contributed by atoms with Crippen molar-refractivity contribution in [3.05, 3.63) is 29.6 Å². The molecule has 1 aromatic heterocycles. The largest absolute Gasteiger partial charge is 0.330 e. The smallest absolute Gasteiger partial charge is 0.138 e. The molecule has 0 amide bonds. The number of pyridine rings is 1. The van der Waals surface area contributed by atoms with E-state index >= 15 is 0 Å². The van der Waals surface area contributed by atoms with Crippen molar-refractivity contribution >= 4 is 5.78 Å². The quantitative estimate of drug-likeness (QED) is 0.714. The summed E-state index contributed by atoms with van der Waals surface area (Å²) in [4.78, 5) is 15.8. The third-order valence-electron chi connectivity index (χ3n) is 2.58. The SMILES string of the molecule is CCc1ccc(CC(=O)CCCCN)nc1. The molecule has 0 aliphatic rings. The van der Waals surface area contributed by atoms with Crippen LogP contribution >= 0.6 is 0 Å². The van der Waals surface area contributed by atoms with E-state index in [0.717, 1.165) is 25.0 Å². The number of carbonyl (C=O) groups excluding carboxylic acids is 1. The van der Waals surface area contributed by atoms with Crippen molar-refractivity contribution in [2.75, 3.05) is 6.54 Å².